The first-order valence-corrected chi connectivity index (χ1v) is 11.0. The second-order valence-electron chi connectivity index (χ2n) is 8.15. The zero-order valence-corrected chi connectivity index (χ0v) is 17.6. The van der Waals surface area contributed by atoms with Gasteiger partial charge in [-0.2, -0.15) is 9.97 Å². The number of likely N-dealkylation sites (tertiary alicyclic amines) is 1. The van der Waals surface area contributed by atoms with Crippen LogP contribution in [0.25, 0.3) is 0 Å². The van der Waals surface area contributed by atoms with Gasteiger partial charge in [0.15, 0.2) is 0 Å². The average Bonchev–Trinajstić information content (AvgIpc) is 3.02. The molecule has 3 heterocycles. The lowest BCUT2D eigenvalue weighted by Crippen LogP contribution is -2.37. The summed E-state index contributed by atoms with van der Waals surface area (Å²) in [6.07, 6.45) is 7.89. The Kier molecular flexibility index (Phi) is 8.06. The van der Waals surface area contributed by atoms with E-state index in [9.17, 15) is 4.79 Å². The molecule has 0 bridgehead atoms. The fourth-order valence-electron chi connectivity index (χ4n) is 4.26. The Bertz CT molecular complexity index is 683. The van der Waals surface area contributed by atoms with Crippen molar-refractivity contribution in [3.05, 3.63) is 5.56 Å². The van der Waals surface area contributed by atoms with E-state index >= 15 is 0 Å². The standard InChI is InChI=1S/C21H35N5O3/c1-2-3-13-29-21-23-19(22)17-14-18(28)26(20(17)24-21)10-5-4-7-16-8-6-9-25(15-16)11-12-27/h16,27H,2-15H2,1H3,(H2,22,23,24). The quantitative estimate of drug-likeness (QED) is 0.543. The van der Waals surface area contributed by atoms with Crippen molar-refractivity contribution in [2.75, 3.05) is 50.0 Å². The normalized spacial score (nSPS) is 19.6. The first-order chi connectivity index (χ1) is 14.1. The number of nitrogens with two attached hydrogens (primary N) is 1. The lowest BCUT2D eigenvalue weighted by molar-refractivity contribution is -0.117. The van der Waals surface area contributed by atoms with Crippen molar-refractivity contribution in [1.82, 2.24) is 14.9 Å². The summed E-state index contributed by atoms with van der Waals surface area (Å²) in [5, 5.41) is 9.14. The first-order valence-electron chi connectivity index (χ1n) is 11.0. The van der Waals surface area contributed by atoms with Crippen LogP contribution in [0.4, 0.5) is 11.6 Å². The highest BCUT2D eigenvalue weighted by molar-refractivity contribution is 6.01. The van der Waals surface area contributed by atoms with Crippen molar-refractivity contribution in [1.29, 1.82) is 0 Å². The van der Waals surface area contributed by atoms with Gasteiger partial charge in [-0.25, -0.2) is 0 Å². The van der Waals surface area contributed by atoms with Gasteiger partial charge in [-0.1, -0.05) is 19.8 Å². The summed E-state index contributed by atoms with van der Waals surface area (Å²) in [6, 6.07) is 0.264. The Hall–Kier alpha value is -1.93. The molecular weight excluding hydrogens is 370 g/mol. The summed E-state index contributed by atoms with van der Waals surface area (Å²) in [5.74, 6) is 1.70. The van der Waals surface area contributed by atoms with E-state index in [-0.39, 0.29) is 24.9 Å². The SMILES string of the molecule is CCCCOc1nc(N)c2c(n1)N(CCCCC1CCCN(CCO)C1)C(=O)C2. The predicted octanol–water partition coefficient (Wildman–Crippen LogP) is 2.00. The zero-order chi connectivity index (χ0) is 20.6. The Balaban J connectivity index is 1.51. The number of rotatable bonds is 11. The molecule has 1 saturated heterocycles. The molecule has 3 rings (SSSR count). The fraction of sp³-hybridized carbons (Fsp3) is 0.762. The van der Waals surface area contributed by atoms with Crippen LogP contribution in [0, 0.1) is 5.92 Å². The lowest BCUT2D eigenvalue weighted by atomic mass is 9.93. The van der Waals surface area contributed by atoms with Gasteiger partial charge >= 0.3 is 6.01 Å². The van der Waals surface area contributed by atoms with Gasteiger partial charge in [-0.3, -0.25) is 9.69 Å². The average molecular weight is 406 g/mol. The van der Waals surface area contributed by atoms with Crippen molar-refractivity contribution in [3.8, 4) is 6.01 Å². The first kappa shape index (κ1) is 21.8. The van der Waals surface area contributed by atoms with Crippen LogP contribution in [0.5, 0.6) is 6.01 Å². The molecule has 1 amide bonds. The molecule has 0 saturated carbocycles. The molecule has 0 aliphatic carbocycles. The number of fused-ring (bicyclic) bond motifs is 1. The van der Waals surface area contributed by atoms with E-state index in [1.165, 1.54) is 12.8 Å². The van der Waals surface area contributed by atoms with E-state index in [0.29, 0.717) is 30.7 Å². The largest absolute Gasteiger partial charge is 0.463 e. The Labute approximate surface area is 173 Å². The number of carbonyl (C=O) groups is 1. The molecule has 0 aromatic carbocycles. The highest BCUT2D eigenvalue weighted by atomic mass is 16.5. The number of hydrogen-bond acceptors (Lipinski definition) is 7. The van der Waals surface area contributed by atoms with Crippen molar-refractivity contribution < 1.29 is 14.6 Å². The smallest absolute Gasteiger partial charge is 0.320 e. The van der Waals surface area contributed by atoms with Gasteiger partial charge in [0.05, 0.1) is 19.6 Å². The number of hydrogen-bond donors (Lipinski definition) is 2. The Morgan fingerprint density at radius 2 is 2.10 bits per heavy atom. The van der Waals surface area contributed by atoms with Crippen LogP contribution in [-0.4, -0.2) is 65.3 Å². The molecule has 29 heavy (non-hydrogen) atoms. The molecule has 0 radical (unpaired) electrons. The number of aliphatic hydroxyl groups excluding tert-OH is 1. The van der Waals surface area contributed by atoms with E-state index in [4.69, 9.17) is 15.6 Å². The molecular formula is C21H35N5O3. The number of piperidine rings is 1. The van der Waals surface area contributed by atoms with Gasteiger partial charge in [-0.15, -0.1) is 0 Å². The zero-order valence-electron chi connectivity index (χ0n) is 17.6. The van der Waals surface area contributed by atoms with Crippen LogP contribution in [-0.2, 0) is 11.2 Å². The number of aliphatic hydroxyl groups is 1. The van der Waals surface area contributed by atoms with Gasteiger partial charge in [0.1, 0.15) is 11.6 Å². The van der Waals surface area contributed by atoms with Crippen LogP contribution in [0.3, 0.4) is 0 Å². The number of unbranched alkanes of at least 4 members (excludes halogenated alkanes) is 2. The van der Waals surface area contributed by atoms with E-state index in [1.807, 2.05) is 0 Å². The highest BCUT2D eigenvalue weighted by Gasteiger charge is 2.32. The highest BCUT2D eigenvalue weighted by Crippen LogP contribution is 2.32. The molecule has 162 valence electrons. The number of nitrogens with zero attached hydrogens (tertiary/aromatic N) is 4. The molecule has 8 heteroatoms. The topological polar surface area (TPSA) is 105 Å². The molecule has 1 atom stereocenters. The summed E-state index contributed by atoms with van der Waals surface area (Å²) >= 11 is 0. The second-order valence-corrected chi connectivity index (χ2v) is 8.15. The van der Waals surface area contributed by atoms with Crippen LogP contribution in [0.15, 0.2) is 0 Å². The third-order valence-electron chi connectivity index (χ3n) is 5.87. The molecule has 1 unspecified atom stereocenters. The minimum atomic E-state index is 0.0403. The molecule has 3 N–H and O–H groups in total. The fourth-order valence-corrected chi connectivity index (χ4v) is 4.26. The van der Waals surface area contributed by atoms with Crippen molar-refractivity contribution in [2.45, 2.75) is 58.3 Å². The minimum Gasteiger partial charge on any atom is -0.463 e. The van der Waals surface area contributed by atoms with Crippen LogP contribution in [0.2, 0.25) is 0 Å². The number of ether oxygens (including phenoxy) is 1. The number of amides is 1. The maximum atomic E-state index is 12.5. The summed E-state index contributed by atoms with van der Waals surface area (Å²) in [5.41, 5.74) is 6.79. The minimum absolute atomic E-state index is 0.0403. The van der Waals surface area contributed by atoms with Gasteiger partial charge < -0.3 is 20.5 Å². The summed E-state index contributed by atoms with van der Waals surface area (Å²) < 4.78 is 5.61. The Morgan fingerprint density at radius 1 is 1.24 bits per heavy atom. The van der Waals surface area contributed by atoms with Crippen LogP contribution in [0.1, 0.15) is 57.4 Å². The summed E-state index contributed by atoms with van der Waals surface area (Å²) in [6.45, 7) is 6.49. The van der Waals surface area contributed by atoms with E-state index in [2.05, 4.69) is 21.8 Å². The van der Waals surface area contributed by atoms with E-state index in [0.717, 1.165) is 57.3 Å². The number of aromatic nitrogens is 2. The van der Waals surface area contributed by atoms with Crippen LogP contribution < -0.4 is 15.4 Å². The molecule has 8 nitrogen and oxygen atoms in total. The molecule has 1 aromatic rings. The lowest BCUT2D eigenvalue weighted by Gasteiger charge is -2.32. The second kappa shape index (κ2) is 10.7. The maximum absolute atomic E-state index is 12.5. The molecule has 2 aliphatic rings. The van der Waals surface area contributed by atoms with Crippen molar-refractivity contribution >= 4 is 17.5 Å². The third kappa shape index (κ3) is 5.79. The van der Waals surface area contributed by atoms with E-state index < -0.39 is 0 Å². The number of anilines is 2. The monoisotopic (exact) mass is 405 g/mol. The molecule has 1 aromatic heterocycles. The third-order valence-corrected chi connectivity index (χ3v) is 5.87. The summed E-state index contributed by atoms with van der Waals surface area (Å²) in [7, 11) is 0. The predicted molar refractivity (Wildman–Crippen MR) is 113 cm³/mol. The molecule has 2 aliphatic heterocycles. The maximum Gasteiger partial charge on any atom is 0.320 e. The van der Waals surface area contributed by atoms with Crippen molar-refractivity contribution in [2.24, 2.45) is 5.92 Å². The van der Waals surface area contributed by atoms with Crippen LogP contribution >= 0.6 is 0 Å². The molecule has 0 spiro atoms. The number of carbonyl (C=O) groups excluding carboxylic acids is 1. The van der Waals surface area contributed by atoms with Gasteiger partial charge in [-0.05, 0) is 44.6 Å². The van der Waals surface area contributed by atoms with Gasteiger partial charge in [0.25, 0.3) is 0 Å². The van der Waals surface area contributed by atoms with Crippen molar-refractivity contribution in [3.63, 3.8) is 0 Å². The number of β-amino-alcohol motifs (C(OH)–C–C–N with tert-alkyl or cyclic N) is 1. The van der Waals surface area contributed by atoms with Gasteiger partial charge in [0.2, 0.25) is 5.91 Å². The number of nitrogen functional groups attached to an aromatic ring is 1. The van der Waals surface area contributed by atoms with E-state index in [1.54, 1.807) is 4.90 Å². The Morgan fingerprint density at radius 3 is 2.90 bits per heavy atom. The van der Waals surface area contributed by atoms with Gasteiger partial charge in [0, 0.05) is 25.2 Å². The summed E-state index contributed by atoms with van der Waals surface area (Å²) in [4.78, 5) is 25.3. The molecule has 1 fully saturated rings.